The van der Waals surface area contributed by atoms with Crippen molar-refractivity contribution in [2.45, 2.75) is 31.5 Å². The molecular weight excluding hydrogens is 256 g/mol. The molecule has 2 aliphatic rings. The number of carbonyl (C=O) groups is 1. The fourth-order valence-corrected chi connectivity index (χ4v) is 2.17. The fraction of sp³-hybridized carbons (Fsp3) is 0.533. The second kappa shape index (κ2) is 6.35. The Hall–Kier alpha value is -1.43. The van der Waals surface area contributed by atoms with Crippen LogP contribution in [0.1, 0.15) is 18.4 Å². The highest BCUT2D eigenvalue weighted by atomic mass is 16.6. The predicted molar refractivity (Wildman–Crippen MR) is 75.5 cm³/mol. The van der Waals surface area contributed by atoms with E-state index < -0.39 is 6.10 Å². The lowest BCUT2D eigenvalue weighted by Gasteiger charge is -2.22. The van der Waals surface area contributed by atoms with E-state index in [1.54, 1.807) is 0 Å². The molecule has 1 amide bonds. The van der Waals surface area contributed by atoms with Crippen LogP contribution >= 0.6 is 0 Å². The van der Waals surface area contributed by atoms with Crippen LogP contribution in [0.5, 0.6) is 0 Å². The lowest BCUT2D eigenvalue weighted by Crippen LogP contribution is -2.39. The zero-order chi connectivity index (χ0) is 13.8. The number of carbonyl (C=O) groups excluding carboxylic acids is 1. The number of nitrogens with one attached hydrogen (secondary N) is 2. The third-order valence-corrected chi connectivity index (χ3v) is 3.48. The first kappa shape index (κ1) is 13.5. The SMILES string of the molecule is O=C(Nc1cccc(CNC2CC2)c1)C1COCCO1. The van der Waals surface area contributed by atoms with Crippen LogP contribution in [0.3, 0.4) is 0 Å². The maximum Gasteiger partial charge on any atom is 0.255 e. The minimum absolute atomic E-state index is 0.142. The lowest BCUT2D eigenvalue weighted by atomic mass is 10.2. The van der Waals surface area contributed by atoms with Crippen LogP contribution in [0.15, 0.2) is 24.3 Å². The summed E-state index contributed by atoms with van der Waals surface area (Å²) < 4.78 is 10.6. The Bertz CT molecular complexity index is 468. The molecule has 2 N–H and O–H groups in total. The van der Waals surface area contributed by atoms with Crippen molar-refractivity contribution in [3.05, 3.63) is 29.8 Å². The maximum absolute atomic E-state index is 12.0. The van der Waals surface area contributed by atoms with E-state index in [9.17, 15) is 4.79 Å². The van der Waals surface area contributed by atoms with E-state index in [1.807, 2.05) is 18.2 Å². The largest absolute Gasteiger partial charge is 0.376 e. The van der Waals surface area contributed by atoms with Gasteiger partial charge in [0.15, 0.2) is 6.10 Å². The smallest absolute Gasteiger partial charge is 0.255 e. The second-order valence-corrected chi connectivity index (χ2v) is 5.28. The van der Waals surface area contributed by atoms with Gasteiger partial charge >= 0.3 is 0 Å². The molecule has 0 aromatic heterocycles. The van der Waals surface area contributed by atoms with Gasteiger partial charge in [0.05, 0.1) is 19.8 Å². The second-order valence-electron chi connectivity index (χ2n) is 5.28. The molecule has 1 aromatic carbocycles. The first-order valence-electron chi connectivity index (χ1n) is 7.14. The van der Waals surface area contributed by atoms with E-state index in [-0.39, 0.29) is 5.91 Å². The number of ether oxygens (including phenoxy) is 2. The molecule has 1 aromatic rings. The van der Waals surface area contributed by atoms with Gasteiger partial charge in [0, 0.05) is 18.3 Å². The van der Waals surface area contributed by atoms with Crippen molar-refractivity contribution in [2.75, 3.05) is 25.1 Å². The van der Waals surface area contributed by atoms with Crippen LogP contribution in [0.25, 0.3) is 0 Å². The van der Waals surface area contributed by atoms with Crippen LogP contribution in [-0.2, 0) is 20.8 Å². The third kappa shape index (κ3) is 3.79. The molecule has 0 bridgehead atoms. The molecule has 0 radical (unpaired) electrons. The summed E-state index contributed by atoms with van der Waals surface area (Å²) in [5.41, 5.74) is 1.98. The van der Waals surface area contributed by atoms with Gasteiger partial charge in [-0.15, -0.1) is 0 Å². The Kier molecular flexibility index (Phi) is 4.30. The highest BCUT2D eigenvalue weighted by molar-refractivity contribution is 5.94. The summed E-state index contributed by atoms with van der Waals surface area (Å²) in [7, 11) is 0. The summed E-state index contributed by atoms with van der Waals surface area (Å²) in [6, 6.07) is 8.59. The summed E-state index contributed by atoms with van der Waals surface area (Å²) >= 11 is 0. The maximum atomic E-state index is 12.0. The lowest BCUT2D eigenvalue weighted by molar-refractivity contribution is -0.142. The summed E-state index contributed by atoms with van der Waals surface area (Å²) in [6.45, 7) is 2.21. The van der Waals surface area contributed by atoms with Crippen molar-refractivity contribution >= 4 is 11.6 Å². The van der Waals surface area contributed by atoms with Crippen molar-refractivity contribution in [1.29, 1.82) is 0 Å². The molecule has 5 heteroatoms. The Labute approximate surface area is 118 Å². The number of hydrogen-bond donors (Lipinski definition) is 2. The minimum atomic E-state index is -0.503. The number of amides is 1. The molecule has 2 fully saturated rings. The monoisotopic (exact) mass is 276 g/mol. The number of benzene rings is 1. The van der Waals surface area contributed by atoms with Gasteiger partial charge in [-0.25, -0.2) is 0 Å². The van der Waals surface area contributed by atoms with Crippen molar-refractivity contribution in [3.8, 4) is 0 Å². The molecule has 1 atom stereocenters. The van der Waals surface area contributed by atoms with Crippen molar-refractivity contribution in [1.82, 2.24) is 5.32 Å². The molecule has 108 valence electrons. The minimum Gasteiger partial charge on any atom is -0.376 e. The van der Waals surface area contributed by atoms with Crippen molar-refractivity contribution in [3.63, 3.8) is 0 Å². The number of anilines is 1. The highest BCUT2D eigenvalue weighted by Crippen LogP contribution is 2.20. The van der Waals surface area contributed by atoms with Crippen LogP contribution in [-0.4, -0.2) is 37.9 Å². The molecule has 1 saturated carbocycles. The average Bonchev–Trinajstić information content (AvgIpc) is 3.31. The molecule has 1 unspecified atom stereocenters. The number of rotatable bonds is 5. The molecule has 0 spiro atoms. The molecule has 1 aliphatic heterocycles. The normalized spacial score (nSPS) is 22.5. The zero-order valence-electron chi connectivity index (χ0n) is 11.4. The van der Waals surface area contributed by atoms with Crippen LogP contribution < -0.4 is 10.6 Å². The summed E-state index contributed by atoms with van der Waals surface area (Å²) in [5, 5.41) is 6.34. The van der Waals surface area contributed by atoms with Crippen LogP contribution in [0, 0.1) is 0 Å². The van der Waals surface area contributed by atoms with Gasteiger partial charge < -0.3 is 20.1 Å². The third-order valence-electron chi connectivity index (χ3n) is 3.48. The highest BCUT2D eigenvalue weighted by Gasteiger charge is 2.23. The van der Waals surface area contributed by atoms with E-state index in [0.717, 1.165) is 12.2 Å². The molecule has 3 rings (SSSR count). The summed E-state index contributed by atoms with van der Waals surface area (Å²) in [6.07, 6.45) is 2.04. The van der Waals surface area contributed by atoms with E-state index >= 15 is 0 Å². The van der Waals surface area contributed by atoms with Gasteiger partial charge in [0.2, 0.25) is 0 Å². The molecule has 5 nitrogen and oxygen atoms in total. The fourth-order valence-electron chi connectivity index (χ4n) is 2.17. The van der Waals surface area contributed by atoms with Gasteiger partial charge in [0.1, 0.15) is 0 Å². The number of hydrogen-bond acceptors (Lipinski definition) is 4. The summed E-state index contributed by atoms with van der Waals surface area (Å²) in [4.78, 5) is 12.0. The van der Waals surface area contributed by atoms with Gasteiger partial charge in [-0.1, -0.05) is 12.1 Å². The quantitative estimate of drug-likeness (QED) is 0.851. The predicted octanol–water partition coefficient (Wildman–Crippen LogP) is 1.29. The first-order valence-corrected chi connectivity index (χ1v) is 7.14. The Morgan fingerprint density at radius 2 is 2.20 bits per heavy atom. The van der Waals surface area contributed by atoms with Gasteiger partial charge in [-0.05, 0) is 30.5 Å². The Balaban J connectivity index is 1.55. The van der Waals surface area contributed by atoms with Crippen molar-refractivity contribution in [2.24, 2.45) is 0 Å². The standard InChI is InChI=1S/C15H20N2O3/c18-15(14-10-19-6-7-20-14)17-13-3-1-2-11(8-13)9-16-12-4-5-12/h1-3,8,12,14,16H,4-7,9-10H2,(H,17,18). The van der Waals surface area contributed by atoms with E-state index in [2.05, 4.69) is 16.7 Å². The van der Waals surface area contributed by atoms with Gasteiger partial charge in [-0.3, -0.25) is 4.79 Å². The van der Waals surface area contributed by atoms with E-state index in [0.29, 0.717) is 25.9 Å². The topological polar surface area (TPSA) is 59.6 Å². The summed E-state index contributed by atoms with van der Waals surface area (Å²) in [5.74, 6) is -0.142. The average molecular weight is 276 g/mol. The molecule has 1 aliphatic carbocycles. The van der Waals surface area contributed by atoms with E-state index in [1.165, 1.54) is 18.4 Å². The Morgan fingerprint density at radius 3 is 2.95 bits per heavy atom. The molecule has 1 heterocycles. The molecule has 20 heavy (non-hydrogen) atoms. The molecule has 1 saturated heterocycles. The van der Waals surface area contributed by atoms with Crippen LogP contribution in [0.2, 0.25) is 0 Å². The van der Waals surface area contributed by atoms with E-state index in [4.69, 9.17) is 9.47 Å². The first-order chi connectivity index (χ1) is 9.81. The van der Waals surface area contributed by atoms with Crippen molar-refractivity contribution < 1.29 is 14.3 Å². The van der Waals surface area contributed by atoms with Gasteiger partial charge in [0.25, 0.3) is 5.91 Å². The van der Waals surface area contributed by atoms with Crippen LogP contribution in [0.4, 0.5) is 5.69 Å². The molecular formula is C15H20N2O3. The zero-order valence-corrected chi connectivity index (χ0v) is 11.4. The Morgan fingerprint density at radius 1 is 1.30 bits per heavy atom. The van der Waals surface area contributed by atoms with Gasteiger partial charge in [-0.2, -0.15) is 0 Å².